The van der Waals surface area contributed by atoms with Crippen LogP contribution in [0.1, 0.15) is 42.6 Å². The highest BCUT2D eigenvalue weighted by Crippen LogP contribution is 2.35. The average Bonchev–Trinajstić information content (AvgIpc) is 3.35. The minimum Gasteiger partial charge on any atom is -0.495 e. The third-order valence-corrected chi connectivity index (χ3v) is 7.18. The summed E-state index contributed by atoms with van der Waals surface area (Å²) in [7, 11) is 1.64. The summed E-state index contributed by atoms with van der Waals surface area (Å²) in [6, 6.07) is 10.6. The second-order valence-electron chi connectivity index (χ2n) is 9.60. The number of carbonyl (C=O) groups excluding carboxylic acids is 1. The number of halogens is 1. The SMILES string of the molecule is COc1cc(C=C2CCCN([C@@H](C)c3ccc(F)cc3N3CCOCC3)C2=O)ccc1-n1cnc(C)c1. The zero-order valence-corrected chi connectivity index (χ0v) is 21.6. The topological polar surface area (TPSA) is 59.8 Å². The Hall–Kier alpha value is -3.65. The number of nitrogens with zero attached hydrogens (tertiary/aromatic N) is 4. The molecule has 1 atom stereocenters. The van der Waals surface area contributed by atoms with E-state index in [2.05, 4.69) is 9.88 Å². The lowest BCUT2D eigenvalue weighted by Crippen LogP contribution is -2.41. The Morgan fingerprint density at radius 2 is 1.92 bits per heavy atom. The van der Waals surface area contributed by atoms with Crippen molar-refractivity contribution in [2.45, 2.75) is 32.7 Å². The number of aryl methyl sites for hydroxylation is 1. The van der Waals surface area contributed by atoms with Crippen LogP contribution in [0.4, 0.5) is 10.1 Å². The number of rotatable bonds is 6. The summed E-state index contributed by atoms with van der Waals surface area (Å²) in [5.41, 5.74) is 5.29. The van der Waals surface area contributed by atoms with Crippen LogP contribution in [0.15, 0.2) is 54.5 Å². The van der Waals surface area contributed by atoms with Crippen molar-refractivity contribution in [3.05, 3.63) is 77.1 Å². The fraction of sp³-hybridized carbons (Fsp3) is 0.379. The smallest absolute Gasteiger partial charge is 0.250 e. The van der Waals surface area contributed by atoms with Crippen LogP contribution in [0.2, 0.25) is 0 Å². The maximum atomic E-state index is 14.2. The normalized spacial score (nSPS) is 18.4. The molecule has 1 aromatic heterocycles. The molecule has 2 aliphatic heterocycles. The molecule has 3 aromatic rings. The number of likely N-dealkylation sites (tertiary alicyclic amines) is 1. The van der Waals surface area contributed by atoms with Crippen LogP contribution in [0.3, 0.4) is 0 Å². The van der Waals surface area contributed by atoms with E-state index >= 15 is 0 Å². The van der Waals surface area contributed by atoms with Crippen molar-refractivity contribution < 1.29 is 18.7 Å². The Labute approximate surface area is 217 Å². The molecule has 7 nitrogen and oxygen atoms in total. The summed E-state index contributed by atoms with van der Waals surface area (Å²) in [5, 5.41) is 0. The van der Waals surface area contributed by atoms with E-state index in [1.165, 1.54) is 6.07 Å². The highest BCUT2D eigenvalue weighted by molar-refractivity contribution is 5.99. The van der Waals surface area contributed by atoms with Crippen LogP contribution in [-0.4, -0.2) is 60.3 Å². The van der Waals surface area contributed by atoms with E-state index < -0.39 is 0 Å². The van der Waals surface area contributed by atoms with Gasteiger partial charge < -0.3 is 23.8 Å². The van der Waals surface area contributed by atoms with Crippen LogP contribution in [-0.2, 0) is 9.53 Å². The van der Waals surface area contributed by atoms with E-state index in [4.69, 9.17) is 9.47 Å². The van der Waals surface area contributed by atoms with E-state index in [1.807, 2.05) is 59.9 Å². The van der Waals surface area contributed by atoms with Crippen LogP contribution in [0.5, 0.6) is 5.75 Å². The number of hydrogen-bond acceptors (Lipinski definition) is 5. The molecule has 0 radical (unpaired) electrons. The molecule has 2 saturated heterocycles. The van der Waals surface area contributed by atoms with Gasteiger partial charge in [-0.05, 0) is 68.2 Å². The zero-order valence-electron chi connectivity index (χ0n) is 21.6. The van der Waals surface area contributed by atoms with Crippen LogP contribution >= 0.6 is 0 Å². The molecule has 37 heavy (non-hydrogen) atoms. The number of carbonyl (C=O) groups is 1. The van der Waals surface area contributed by atoms with E-state index in [1.54, 1.807) is 19.5 Å². The molecule has 0 bridgehead atoms. The standard InChI is InChI=1S/C29H33FN4O3/c1-20-18-33(19-31-20)26-9-6-22(16-28(26)36-3)15-23-5-4-10-34(29(23)35)21(2)25-8-7-24(30)17-27(25)32-11-13-37-14-12-32/h6-9,15-19,21H,4-5,10-14H2,1-3H3/t21-/m0/s1. The number of imidazole rings is 1. The van der Waals surface area contributed by atoms with Gasteiger partial charge in [-0.2, -0.15) is 0 Å². The Morgan fingerprint density at radius 3 is 2.65 bits per heavy atom. The molecular weight excluding hydrogens is 471 g/mol. The van der Waals surface area contributed by atoms with Gasteiger partial charge in [0.1, 0.15) is 11.6 Å². The summed E-state index contributed by atoms with van der Waals surface area (Å²) >= 11 is 0. The minimum atomic E-state index is -0.272. The van der Waals surface area contributed by atoms with E-state index in [0.29, 0.717) is 45.0 Å². The lowest BCUT2D eigenvalue weighted by atomic mass is 9.96. The van der Waals surface area contributed by atoms with Gasteiger partial charge in [0.05, 0.1) is 44.1 Å². The van der Waals surface area contributed by atoms with Gasteiger partial charge in [-0.25, -0.2) is 9.37 Å². The number of amides is 1. The predicted octanol–water partition coefficient (Wildman–Crippen LogP) is 4.93. The van der Waals surface area contributed by atoms with E-state index in [0.717, 1.165) is 40.2 Å². The van der Waals surface area contributed by atoms with E-state index in [-0.39, 0.29) is 17.8 Å². The number of aromatic nitrogens is 2. The molecule has 2 aromatic carbocycles. The first-order valence-corrected chi connectivity index (χ1v) is 12.8. The first-order chi connectivity index (χ1) is 17.9. The maximum Gasteiger partial charge on any atom is 0.250 e. The molecule has 0 unspecified atom stereocenters. The monoisotopic (exact) mass is 504 g/mol. The highest BCUT2D eigenvalue weighted by atomic mass is 19.1. The van der Waals surface area contributed by atoms with Crippen molar-refractivity contribution in [2.24, 2.45) is 0 Å². The first kappa shape index (κ1) is 25.0. The van der Waals surface area contributed by atoms with Gasteiger partial charge in [-0.1, -0.05) is 12.1 Å². The summed E-state index contributed by atoms with van der Waals surface area (Å²) in [5.74, 6) is 0.456. The molecule has 0 spiro atoms. The fourth-order valence-electron chi connectivity index (χ4n) is 5.20. The average molecular weight is 505 g/mol. The third kappa shape index (κ3) is 5.25. The molecule has 1 amide bonds. The molecule has 2 fully saturated rings. The Morgan fingerprint density at radius 1 is 1.11 bits per heavy atom. The zero-order chi connectivity index (χ0) is 25.9. The Kier molecular flexibility index (Phi) is 7.28. The van der Waals surface area contributed by atoms with Gasteiger partial charge in [0.15, 0.2) is 0 Å². The molecule has 2 aliphatic rings. The lowest BCUT2D eigenvalue weighted by molar-refractivity contribution is -0.130. The third-order valence-electron chi connectivity index (χ3n) is 7.18. The van der Waals surface area contributed by atoms with Crippen molar-refractivity contribution >= 4 is 17.7 Å². The number of ether oxygens (including phenoxy) is 2. The van der Waals surface area contributed by atoms with Crippen LogP contribution in [0, 0.1) is 12.7 Å². The summed E-state index contributed by atoms with van der Waals surface area (Å²) in [4.78, 5) is 22.0. The lowest BCUT2D eigenvalue weighted by Gasteiger charge is -2.37. The molecule has 0 saturated carbocycles. The summed E-state index contributed by atoms with van der Waals surface area (Å²) < 4.78 is 27.3. The van der Waals surface area contributed by atoms with Gasteiger partial charge in [0.2, 0.25) is 5.91 Å². The number of piperidine rings is 1. The fourth-order valence-corrected chi connectivity index (χ4v) is 5.20. The van der Waals surface area contributed by atoms with Crippen molar-refractivity contribution in [2.75, 3.05) is 44.9 Å². The molecular formula is C29H33FN4O3. The number of morpholine rings is 1. The first-order valence-electron chi connectivity index (χ1n) is 12.8. The quantitative estimate of drug-likeness (QED) is 0.446. The predicted molar refractivity (Wildman–Crippen MR) is 142 cm³/mol. The van der Waals surface area contributed by atoms with Gasteiger partial charge in [0, 0.05) is 37.1 Å². The number of hydrogen-bond donors (Lipinski definition) is 0. The molecule has 8 heteroatoms. The van der Waals surface area contributed by atoms with E-state index in [9.17, 15) is 9.18 Å². The number of benzene rings is 2. The Balaban J connectivity index is 1.41. The summed E-state index contributed by atoms with van der Waals surface area (Å²) in [6.45, 7) is 7.28. The van der Waals surface area contributed by atoms with Crippen molar-refractivity contribution in [1.82, 2.24) is 14.5 Å². The molecule has 194 valence electrons. The number of methoxy groups -OCH3 is 1. The van der Waals surface area contributed by atoms with Crippen molar-refractivity contribution in [1.29, 1.82) is 0 Å². The second kappa shape index (κ2) is 10.8. The highest BCUT2D eigenvalue weighted by Gasteiger charge is 2.30. The summed E-state index contributed by atoms with van der Waals surface area (Å²) in [6.07, 6.45) is 7.25. The molecule has 0 aliphatic carbocycles. The van der Waals surface area contributed by atoms with Gasteiger partial charge in [-0.3, -0.25) is 4.79 Å². The largest absolute Gasteiger partial charge is 0.495 e. The van der Waals surface area contributed by atoms with Gasteiger partial charge in [0.25, 0.3) is 0 Å². The molecule has 0 N–H and O–H groups in total. The second-order valence-corrected chi connectivity index (χ2v) is 9.60. The van der Waals surface area contributed by atoms with Gasteiger partial charge >= 0.3 is 0 Å². The van der Waals surface area contributed by atoms with Crippen LogP contribution in [0.25, 0.3) is 11.8 Å². The van der Waals surface area contributed by atoms with Crippen LogP contribution < -0.4 is 9.64 Å². The number of anilines is 1. The molecule has 5 rings (SSSR count). The van der Waals surface area contributed by atoms with Crippen molar-refractivity contribution in [3.63, 3.8) is 0 Å². The minimum absolute atomic E-state index is 0.0179. The molecule has 3 heterocycles. The Bertz CT molecular complexity index is 1310. The maximum absolute atomic E-state index is 14.2. The van der Waals surface area contributed by atoms with Gasteiger partial charge in [-0.15, -0.1) is 0 Å². The van der Waals surface area contributed by atoms with Crippen molar-refractivity contribution in [3.8, 4) is 11.4 Å².